The summed E-state index contributed by atoms with van der Waals surface area (Å²) in [5, 5.41) is 9.50. The molecular weight excluding hydrogens is 298 g/mol. The lowest BCUT2D eigenvalue weighted by Gasteiger charge is -2.09. The Hall–Kier alpha value is -3.06. The second kappa shape index (κ2) is 7.01. The van der Waals surface area contributed by atoms with Crippen LogP contribution in [0.25, 0.3) is 22.7 Å². The van der Waals surface area contributed by atoms with Crippen LogP contribution in [0.15, 0.2) is 48.5 Å². The fourth-order valence-corrected chi connectivity index (χ4v) is 2.36. The minimum Gasteiger partial charge on any atom is -0.493 e. The van der Waals surface area contributed by atoms with Crippen molar-refractivity contribution in [2.45, 2.75) is 13.8 Å². The van der Waals surface area contributed by atoms with Gasteiger partial charge in [0.05, 0.1) is 23.2 Å². The SMILES string of the molecule is CC(C)COc1cccc(/C=C(/C#N)c2nc3ccccc3[nH]2)c1. The highest BCUT2D eigenvalue weighted by molar-refractivity contribution is 5.90. The number of fused-ring (bicyclic) bond motifs is 1. The molecule has 0 bridgehead atoms. The van der Waals surface area contributed by atoms with Crippen molar-refractivity contribution in [1.29, 1.82) is 5.26 Å². The van der Waals surface area contributed by atoms with Gasteiger partial charge in [0.2, 0.25) is 0 Å². The highest BCUT2D eigenvalue weighted by Gasteiger charge is 2.08. The summed E-state index contributed by atoms with van der Waals surface area (Å²) in [5.41, 5.74) is 3.17. The molecule has 0 aliphatic carbocycles. The lowest BCUT2D eigenvalue weighted by molar-refractivity contribution is 0.271. The van der Waals surface area contributed by atoms with E-state index < -0.39 is 0 Å². The number of aromatic nitrogens is 2. The number of hydrogen-bond donors (Lipinski definition) is 1. The van der Waals surface area contributed by atoms with E-state index in [0.29, 0.717) is 23.9 Å². The summed E-state index contributed by atoms with van der Waals surface area (Å²) >= 11 is 0. The molecule has 0 saturated heterocycles. The monoisotopic (exact) mass is 317 g/mol. The first-order valence-corrected chi connectivity index (χ1v) is 7.95. The summed E-state index contributed by atoms with van der Waals surface area (Å²) in [7, 11) is 0. The third-order valence-electron chi connectivity index (χ3n) is 3.52. The molecule has 0 aliphatic rings. The molecule has 0 atom stereocenters. The number of H-pyrrole nitrogens is 1. The molecule has 120 valence electrons. The fourth-order valence-electron chi connectivity index (χ4n) is 2.36. The highest BCUT2D eigenvalue weighted by Crippen LogP contribution is 2.21. The number of para-hydroxylation sites is 2. The topological polar surface area (TPSA) is 61.7 Å². The van der Waals surface area contributed by atoms with Crippen molar-refractivity contribution in [2.24, 2.45) is 5.92 Å². The number of rotatable bonds is 5. The van der Waals surface area contributed by atoms with Crippen LogP contribution in [-0.4, -0.2) is 16.6 Å². The first-order valence-electron chi connectivity index (χ1n) is 7.95. The van der Waals surface area contributed by atoms with Crippen molar-refractivity contribution < 1.29 is 4.74 Å². The van der Waals surface area contributed by atoms with Crippen LogP contribution in [0.2, 0.25) is 0 Å². The Balaban J connectivity index is 1.90. The largest absolute Gasteiger partial charge is 0.493 e. The maximum absolute atomic E-state index is 9.50. The van der Waals surface area contributed by atoms with Crippen LogP contribution in [0.3, 0.4) is 0 Å². The first kappa shape index (κ1) is 15.8. The molecular formula is C20H19N3O. The Kier molecular flexibility index (Phi) is 4.62. The summed E-state index contributed by atoms with van der Waals surface area (Å²) in [4.78, 5) is 7.67. The number of ether oxygens (including phenoxy) is 1. The maximum atomic E-state index is 9.50. The van der Waals surface area contributed by atoms with Gasteiger partial charge in [-0.25, -0.2) is 4.98 Å². The van der Waals surface area contributed by atoms with Crippen LogP contribution in [0, 0.1) is 17.2 Å². The minimum atomic E-state index is 0.467. The minimum absolute atomic E-state index is 0.467. The molecule has 3 rings (SSSR count). The van der Waals surface area contributed by atoms with E-state index in [0.717, 1.165) is 22.3 Å². The molecule has 4 nitrogen and oxygen atoms in total. The zero-order valence-corrected chi connectivity index (χ0v) is 13.8. The van der Waals surface area contributed by atoms with E-state index in [9.17, 15) is 5.26 Å². The lowest BCUT2D eigenvalue weighted by atomic mass is 10.1. The molecule has 4 heteroatoms. The molecule has 0 amide bonds. The predicted molar refractivity (Wildman–Crippen MR) is 96.4 cm³/mol. The number of nitrogens with zero attached hydrogens (tertiary/aromatic N) is 2. The van der Waals surface area contributed by atoms with Crippen LogP contribution < -0.4 is 4.74 Å². The molecule has 3 aromatic rings. The van der Waals surface area contributed by atoms with Crippen molar-refractivity contribution in [1.82, 2.24) is 9.97 Å². The van der Waals surface area contributed by atoms with Crippen molar-refractivity contribution >= 4 is 22.7 Å². The number of imidazole rings is 1. The Labute approximate surface area is 141 Å². The molecule has 1 aromatic heterocycles. The number of allylic oxidation sites excluding steroid dienone is 1. The molecule has 0 saturated carbocycles. The molecule has 0 aliphatic heterocycles. The molecule has 0 fully saturated rings. The second-order valence-electron chi connectivity index (χ2n) is 6.05. The van der Waals surface area contributed by atoms with Crippen molar-refractivity contribution in [2.75, 3.05) is 6.61 Å². The lowest BCUT2D eigenvalue weighted by Crippen LogP contribution is -2.04. The summed E-state index contributed by atoms with van der Waals surface area (Å²) in [6, 6.07) is 17.7. The van der Waals surface area contributed by atoms with Crippen LogP contribution in [0.5, 0.6) is 5.75 Å². The van der Waals surface area contributed by atoms with E-state index in [4.69, 9.17) is 4.74 Å². The third kappa shape index (κ3) is 3.64. The molecule has 1 heterocycles. The van der Waals surface area contributed by atoms with Gasteiger partial charge in [0, 0.05) is 0 Å². The van der Waals surface area contributed by atoms with Crippen LogP contribution in [-0.2, 0) is 0 Å². The molecule has 0 unspecified atom stereocenters. The Morgan fingerprint density at radius 2 is 2.08 bits per heavy atom. The Bertz CT molecular complexity index is 883. The van der Waals surface area contributed by atoms with Gasteiger partial charge in [-0.3, -0.25) is 0 Å². The number of aromatic amines is 1. The second-order valence-corrected chi connectivity index (χ2v) is 6.05. The standard InChI is InChI=1S/C20H19N3O/c1-14(2)13-24-17-7-5-6-15(11-17)10-16(12-21)20-22-18-8-3-4-9-19(18)23-20/h3-11,14H,13H2,1-2H3,(H,22,23)/b16-10-. The molecule has 0 spiro atoms. The predicted octanol–water partition coefficient (Wildman–Crippen LogP) is 4.66. The highest BCUT2D eigenvalue weighted by atomic mass is 16.5. The average Bonchev–Trinajstić information content (AvgIpc) is 3.02. The van der Waals surface area contributed by atoms with Gasteiger partial charge in [0.15, 0.2) is 0 Å². The van der Waals surface area contributed by atoms with E-state index >= 15 is 0 Å². The van der Waals surface area contributed by atoms with Gasteiger partial charge in [0.25, 0.3) is 0 Å². The first-order chi connectivity index (χ1) is 11.7. The van der Waals surface area contributed by atoms with Gasteiger partial charge in [0.1, 0.15) is 17.6 Å². The van der Waals surface area contributed by atoms with E-state index in [1.807, 2.05) is 54.6 Å². The molecule has 1 N–H and O–H groups in total. The Morgan fingerprint density at radius 1 is 1.25 bits per heavy atom. The van der Waals surface area contributed by atoms with Gasteiger partial charge in [-0.1, -0.05) is 38.1 Å². The zero-order valence-electron chi connectivity index (χ0n) is 13.8. The average molecular weight is 317 g/mol. The van der Waals surface area contributed by atoms with Gasteiger partial charge in [-0.05, 0) is 41.8 Å². The smallest absolute Gasteiger partial charge is 0.149 e. The summed E-state index contributed by atoms with van der Waals surface area (Å²) in [6.07, 6.45) is 1.82. The summed E-state index contributed by atoms with van der Waals surface area (Å²) in [6.45, 7) is 4.89. The van der Waals surface area contributed by atoms with Gasteiger partial charge < -0.3 is 9.72 Å². The fraction of sp³-hybridized carbons (Fsp3) is 0.200. The van der Waals surface area contributed by atoms with Crippen molar-refractivity contribution in [3.63, 3.8) is 0 Å². The van der Waals surface area contributed by atoms with E-state index in [1.54, 1.807) is 0 Å². The van der Waals surface area contributed by atoms with E-state index in [1.165, 1.54) is 0 Å². The van der Waals surface area contributed by atoms with Crippen LogP contribution >= 0.6 is 0 Å². The molecule has 2 aromatic carbocycles. The number of benzene rings is 2. The van der Waals surface area contributed by atoms with Crippen molar-refractivity contribution in [3.8, 4) is 11.8 Å². The van der Waals surface area contributed by atoms with Gasteiger partial charge >= 0.3 is 0 Å². The number of nitriles is 1. The maximum Gasteiger partial charge on any atom is 0.149 e. The quantitative estimate of drug-likeness (QED) is 0.696. The van der Waals surface area contributed by atoms with Crippen LogP contribution in [0.1, 0.15) is 25.2 Å². The Morgan fingerprint density at radius 3 is 2.83 bits per heavy atom. The van der Waals surface area contributed by atoms with Gasteiger partial charge in [-0.15, -0.1) is 0 Å². The normalized spacial score (nSPS) is 11.7. The number of hydrogen-bond acceptors (Lipinski definition) is 3. The van der Waals surface area contributed by atoms with E-state index in [-0.39, 0.29) is 0 Å². The van der Waals surface area contributed by atoms with Crippen molar-refractivity contribution in [3.05, 3.63) is 59.9 Å². The van der Waals surface area contributed by atoms with Gasteiger partial charge in [-0.2, -0.15) is 5.26 Å². The third-order valence-corrected chi connectivity index (χ3v) is 3.52. The zero-order chi connectivity index (χ0) is 16.9. The molecule has 24 heavy (non-hydrogen) atoms. The summed E-state index contributed by atoms with van der Waals surface area (Å²) in [5.74, 6) is 1.85. The van der Waals surface area contributed by atoms with E-state index in [2.05, 4.69) is 29.9 Å². The molecule has 0 radical (unpaired) electrons. The summed E-state index contributed by atoms with van der Waals surface area (Å²) < 4.78 is 5.74. The van der Waals surface area contributed by atoms with Crippen LogP contribution in [0.4, 0.5) is 0 Å². The number of nitrogens with one attached hydrogen (secondary N) is 1.